The highest BCUT2D eigenvalue weighted by Crippen LogP contribution is 2.41. The first-order valence-corrected chi connectivity index (χ1v) is 5.80. The Labute approximate surface area is 99.6 Å². The maximum atomic E-state index is 10.9. The van der Waals surface area contributed by atoms with Gasteiger partial charge in [0.1, 0.15) is 0 Å². The number of rotatable bonds is 2. The molecule has 1 heterocycles. The van der Waals surface area contributed by atoms with E-state index in [1.165, 1.54) is 6.07 Å². The summed E-state index contributed by atoms with van der Waals surface area (Å²) in [5.41, 5.74) is -1.09. The molecule has 0 spiro atoms. The van der Waals surface area contributed by atoms with Crippen LogP contribution in [0.15, 0.2) is 27.4 Å². The minimum atomic E-state index is -4.86. The molecule has 2 rings (SSSR count). The first-order valence-electron chi connectivity index (χ1n) is 4.43. The van der Waals surface area contributed by atoms with E-state index in [9.17, 15) is 23.4 Å². The fourth-order valence-electron chi connectivity index (χ4n) is 1.34. The van der Waals surface area contributed by atoms with Crippen LogP contribution in [0, 0.1) is 0 Å². The number of phenolic OH excluding ortho intramolecular Hbond substituents is 2. The second-order valence-electron chi connectivity index (χ2n) is 3.26. The molecule has 0 aliphatic rings. The van der Waals surface area contributed by atoms with E-state index in [2.05, 4.69) is 8.60 Å². The molecule has 0 atom stereocenters. The average molecular weight is 274 g/mol. The molecule has 0 aliphatic carbocycles. The lowest BCUT2D eigenvalue weighted by Gasteiger charge is -2.07. The summed E-state index contributed by atoms with van der Waals surface area (Å²) in [6.45, 7) is 0. The molecule has 8 nitrogen and oxygen atoms in total. The summed E-state index contributed by atoms with van der Waals surface area (Å²) in [6.07, 6.45) is 0. The lowest BCUT2D eigenvalue weighted by Crippen LogP contribution is -2.07. The van der Waals surface area contributed by atoms with Gasteiger partial charge in [0.15, 0.2) is 11.3 Å². The second-order valence-corrected chi connectivity index (χ2v) is 4.28. The van der Waals surface area contributed by atoms with Crippen molar-refractivity contribution in [3.05, 3.63) is 28.6 Å². The van der Waals surface area contributed by atoms with Crippen molar-refractivity contribution in [2.45, 2.75) is 0 Å². The van der Waals surface area contributed by atoms with Crippen LogP contribution in [0.1, 0.15) is 0 Å². The fraction of sp³-hybridized carbons (Fsp3) is 0. The van der Waals surface area contributed by atoms with Crippen LogP contribution >= 0.6 is 0 Å². The van der Waals surface area contributed by atoms with Gasteiger partial charge in [-0.25, -0.2) is 4.79 Å². The van der Waals surface area contributed by atoms with Gasteiger partial charge in [0.2, 0.25) is 11.5 Å². The first-order chi connectivity index (χ1) is 8.28. The van der Waals surface area contributed by atoms with Crippen molar-refractivity contribution in [1.82, 2.24) is 0 Å². The van der Waals surface area contributed by atoms with Crippen LogP contribution in [0.3, 0.4) is 0 Å². The lowest BCUT2D eigenvalue weighted by molar-refractivity contribution is 0.356. The Balaban J connectivity index is 2.75. The van der Waals surface area contributed by atoms with E-state index in [0.717, 1.165) is 12.1 Å². The standard InChI is InChI=1S/C9H6O8S/c10-6-2-1-4-3-5(17-18(13,14)15)7(11)8(12)9(4)16-6/h1-3,11-12H,(H,13,14,15). The van der Waals surface area contributed by atoms with Gasteiger partial charge in [0.25, 0.3) is 0 Å². The van der Waals surface area contributed by atoms with Crippen molar-refractivity contribution < 1.29 is 31.8 Å². The molecule has 0 radical (unpaired) electrons. The summed E-state index contributed by atoms with van der Waals surface area (Å²) in [4.78, 5) is 10.9. The maximum absolute atomic E-state index is 10.9. The number of aromatic hydroxyl groups is 2. The SMILES string of the molecule is O=c1ccc2cc(OS(=O)(=O)O)c(O)c(O)c2o1. The molecule has 0 unspecified atom stereocenters. The molecule has 0 aliphatic heterocycles. The summed E-state index contributed by atoms with van der Waals surface area (Å²) in [5.74, 6) is -2.55. The quantitative estimate of drug-likeness (QED) is 0.406. The molecular weight excluding hydrogens is 268 g/mol. The third-order valence-corrected chi connectivity index (χ3v) is 2.41. The van der Waals surface area contributed by atoms with Gasteiger partial charge in [-0.2, -0.15) is 8.42 Å². The Morgan fingerprint density at radius 1 is 1.17 bits per heavy atom. The van der Waals surface area contributed by atoms with E-state index in [-0.39, 0.29) is 11.0 Å². The fourth-order valence-corrected chi connectivity index (χ4v) is 1.69. The topological polar surface area (TPSA) is 134 Å². The largest absolute Gasteiger partial charge is 0.502 e. The lowest BCUT2D eigenvalue weighted by atomic mass is 10.2. The molecule has 18 heavy (non-hydrogen) atoms. The minimum Gasteiger partial charge on any atom is -0.502 e. The van der Waals surface area contributed by atoms with E-state index < -0.39 is 33.3 Å². The molecule has 0 saturated carbocycles. The van der Waals surface area contributed by atoms with Crippen molar-refractivity contribution in [3.8, 4) is 17.2 Å². The number of hydrogen-bond acceptors (Lipinski definition) is 7. The van der Waals surface area contributed by atoms with Crippen LogP contribution in [-0.2, 0) is 10.4 Å². The summed E-state index contributed by atoms with van der Waals surface area (Å²) in [6, 6.07) is 3.22. The highest BCUT2D eigenvalue weighted by atomic mass is 32.3. The highest BCUT2D eigenvalue weighted by Gasteiger charge is 2.19. The molecule has 0 fully saturated rings. The number of phenols is 2. The van der Waals surface area contributed by atoms with Crippen molar-refractivity contribution in [2.24, 2.45) is 0 Å². The van der Waals surface area contributed by atoms with E-state index in [1.807, 2.05) is 0 Å². The van der Waals surface area contributed by atoms with E-state index in [0.29, 0.717) is 0 Å². The zero-order valence-corrected chi connectivity index (χ0v) is 9.34. The zero-order valence-electron chi connectivity index (χ0n) is 8.52. The molecule has 0 saturated heterocycles. The predicted molar refractivity (Wildman–Crippen MR) is 58.0 cm³/mol. The average Bonchev–Trinajstić information content (AvgIpc) is 2.25. The summed E-state index contributed by atoms with van der Waals surface area (Å²) in [5, 5.41) is 19.1. The van der Waals surface area contributed by atoms with E-state index >= 15 is 0 Å². The Kier molecular flexibility index (Phi) is 2.64. The van der Waals surface area contributed by atoms with Crippen molar-refractivity contribution in [3.63, 3.8) is 0 Å². The van der Waals surface area contributed by atoms with Crippen LogP contribution in [-0.4, -0.2) is 23.2 Å². The molecule has 2 aromatic rings. The number of benzene rings is 1. The van der Waals surface area contributed by atoms with Crippen molar-refractivity contribution in [2.75, 3.05) is 0 Å². The van der Waals surface area contributed by atoms with Crippen LogP contribution in [0.4, 0.5) is 0 Å². The van der Waals surface area contributed by atoms with Gasteiger partial charge in [0.05, 0.1) is 0 Å². The van der Waals surface area contributed by atoms with Gasteiger partial charge in [0, 0.05) is 11.5 Å². The van der Waals surface area contributed by atoms with Crippen LogP contribution in [0.25, 0.3) is 11.0 Å². The third-order valence-electron chi connectivity index (χ3n) is 2.02. The number of fused-ring (bicyclic) bond motifs is 1. The summed E-state index contributed by atoms with van der Waals surface area (Å²) >= 11 is 0. The van der Waals surface area contributed by atoms with Crippen molar-refractivity contribution in [1.29, 1.82) is 0 Å². The second kappa shape index (κ2) is 3.89. The minimum absolute atomic E-state index is 0.101. The molecular formula is C9H6O8S. The molecule has 0 bridgehead atoms. The molecule has 1 aromatic heterocycles. The first kappa shape index (κ1) is 12.2. The predicted octanol–water partition coefficient (Wildman–Crippen LogP) is 0.386. The Hall–Kier alpha value is -2.26. The van der Waals surface area contributed by atoms with Gasteiger partial charge in [-0.05, 0) is 12.1 Å². The van der Waals surface area contributed by atoms with Gasteiger partial charge in [-0.1, -0.05) is 0 Å². The molecule has 1 aromatic carbocycles. The third kappa shape index (κ3) is 2.21. The Bertz CT molecular complexity index is 773. The number of hydrogen-bond donors (Lipinski definition) is 3. The van der Waals surface area contributed by atoms with Crippen LogP contribution in [0.5, 0.6) is 17.2 Å². The van der Waals surface area contributed by atoms with Gasteiger partial charge in [-0.15, -0.1) is 0 Å². The maximum Gasteiger partial charge on any atom is 0.446 e. The normalized spacial score (nSPS) is 11.6. The molecule has 3 N–H and O–H groups in total. The highest BCUT2D eigenvalue weighted by molar-refractivity contribution is 7.81. The van der Waals surface area contributed by atoms with Gasteiger partial charge < -0.3 is 18.8 Å². The Morgan fingerprint density at radius 2 is 1.83 bits per heavy atom. The van der Waals surface area contributed by atoms with Crippen LogP contribution in [0.2, 0.25) is 0 Å². The smallest absolute Gasteiger partial charge is 0.446 e. The molecule has 96 valence electrons. The van der Waals surface area contributed by atoms with Crippen LogP contribution < -0.4 is 9.81 Å². The van der Waals surface area contributed by atoms with E-state index in [4.69, 9.17) is 4.55 Å². The van der Waals surface area contributed by atoms with Crippen molar-refractivity contribution >= 4 is 21.4 Å². The van der Waals surface area contributed by atoms with Gasteiger partial charge >= 0.3 is 16.0 Å². The molecule has 0 amide bonds. The monoisotopic (exact) mass is 274 g/mol. The summed E-state index contributed by atoms with van der Waals surface area (Å²) < 4.78 is 38.2. The molecule has 9 heteroatoms. The Morgan fingerprint density at radius 3 is 2.44 bits per heavy atom. The summed E-state index contributed by atoms with van der Waals surface area (Å²) in [7, 11) is -4.86. The zero-order chi connectivity index (χ0) is 13.5. The van der Waals surface area contributed by atoms with E-state index in [1.54, 1.807) is 0 Å². The van der Waals surface area contributed by atoms with Gasteiger partial charge in [-0.3, -0.25) is 4.55 Å².